The van der Waals surface area contributed by atoms with E-state index in [4.69, 9.17) is 0 Å². The van der Waals surface area contributed by atoms with E-state index >= 15 is 0 Å². The molecule has 1 heterocycles. The van der Waals surface area contributed by atoms with Crippen LogP contribution in [-0.4, -0.2) is 4.57 Å². The molecule has 2 nitrogen and oxygen atoms in total. The molecule has 43 heavy (non-hydrogen) atoms. The highest BCUT2D eigenvalue weighted by Gasteiger charge is 2.16. The highest BCUT2D eigenvalue weighted by atomic mass is 15.1. The lowest BCUT2D eigenvalue weighted by Gasteiger charge is -2.07. The molecule has 0 radical (unpaired) electrons. The standard InChI is InChI=1S/C41H81N2/c1-4-7-10-13-15-17-19-21-22-23-25-27-29-32-35-38-43-40-39-42(37-34-31-12-9-6-3)41(43)36-33-30-28-26-24-20-18-16-14-11-8-5-2/h39-40H,4-38H2,1-3H3/q+1. The van der Waals surface area contributed by atoms with E-state index in [0.717, 1.165) is 0 Å². The zero-order valence-corrected chi connectivity index (χ0v) is 30.3. The molecular formula is C41H81N2+. The quantitative estimate of drug-likeness (QED) is 0.0540. The SMILES string of the molecule is CCCCCCCCCCCCCCCCCn1cc[n+](CCCCCCC)c1CCCCCCCCCCCCCC. The lowest BCUT2D eigenvalue weighted by atomic mass is 10.0. The summed E-state index contributed by atoms with van der Waals surface area (Å²) in [5.74, 6) is 1.62. The predicted molar refractivity (Wildman–Crippen MR) is 193 cm³/mol. The van der Waals surface area contributed by atoms with E-state index in [1.165, 1.54) is 225 Å². The van der Waals surface area contributed by atoms with Crippen LogP contribution < -0.4 is 4.57 Å². The maximum atomic E-state index is 2.63. The molecule has 0 aromatic carbocycles. The van der Waals surface area contributed by atoms with Crippen molar-refractivity contribution in [3.63, 3.8) is 0 Å². The van der Waals surface area contributed by atoms with Gasteiger partial charge in [0.15, 0.2) is 0 Å². The zero-order valence-electron chi connectivity index (χ0n) is 30.3. The summed E-state index contributed by atoms with van der Waals surface area (Å²) >= 11 is 0. The van der Waals surface area contributed by atoms with E-state index in [1.807, 2.05) is 0 Å². The summed E-state index contributed by atoms with van der Waals surface area (Å²) in [5, 5.41) is 0. The molecule has 254 valence electrons. The third-order valence-corrected chi connectivity index (χ3v) is 9.85. The third-order valence-electron chi connectivity index (χ3n) is 9.85. The van der Waals surface area contributed by atoms with Crippen molar-refractivity contribution >= 4 is 0 Å². The van der Waals surface area contributed by atoms with Gasteiger partial charge in [-0.2, -0.15) is 0 Å². The molecule has 2 heteroatoms. The van der Waals surface area contributed by atoms with Gasteiger partial charge in [0.25, 0.3) is 5.82 Å². The minimum atomic E-state index is 1.23. The molecule has 0 spiro atoms. The van der Waals surface area contributed by atoms with Gasteiger partial charge >= 0.3 is 0 Å². The van der Waals surface area contributed by atoms with Gasteiger partial charge in [-0.25, -0.2) is 9.13 Å². The van der Waals surface area contributed by atoms with Gasteiger partial charge in [0.1, 0.15) is 12.4 Å². The first-order valence-electron chi connectivity index (χ1n) is 20.4. The van der Waals surface area contributed by atoms with Crippen molar-refractivity contribution in [1.82, 2.24) is 4.57 Å². The molecule has 0 aliphatic heterocycles. The first kappa shape index (κ1) is 40.2. The minimum absolute atomic E-state index is 1.23. The van der Waals surface area contributed by atoms with Crippen molar-refractivity contribution in [2.24, 2.45) is 0 Å². The van der Waals surface area contributed by atoms with Crippen LogP contribution in [0.2, 0.25) is 0 Å². The summed E-state index contributed by atoms with van der Waals surface area (Å²) in [4.78, 5) is 0. The Labute approximate surface area is 272 Å². The molecule has 0 saturated carbocycles. The Hall–Kier alpha value is -0.790. The average Bonchev–Trinajstić information content (AvgIpc) is 3.40. The minimum Gasteiger partial charge on any atom is -0.234 e. The van der Waals surface area contributed by atoms with E-state index < -0.39 is 0 Å². The van der Waals surface area contributed by atoms with Crippen LogP contribution in [0.1, 0.15) is 232 Å². The smallest absolute Gasteiger partial charge is 0.234 e. The molecule has 0 N–H and O–H groups in total. The molecule has 0 saturated heterocycles. The zero-order chi connectivity index (χ0) is 30.9. The summed E-state index contributed by atoms with van der Waals surface area (Å²) < 4.78 is 5.25. The van der Waals surface area contributed by atoms with E-state index in [2.05, 4.69) is 42.3 Å². The first-order valence-corrected chi connectivity index (χ1v) is 20.4. The number of rotatable bonds is 35. The number of unbranched alkanes of at least 4 members (excludes halogenated alkanes) is 29. The van der Waals surface area contributed by atoms with Crippen LogP contribution in [-0.2, 0) is 19.5 Å². The fourth-order valence-electron chi connectivity index (χ4n) is 6.86. The highest BCUT2D eigenvalue weighted by molar-refractivity contribution is 4.84. The molecule has 0 unspecified atom stereocenters. The molecule has 0 fully saturated rings. The molecule has 0 atom stereocenters. The lowest BCUT2D eigenvalue weighted by molar-refractivity contribution is -0.704. The van der Waals surface area contributed by atoms with Crippen molar-refractivity contribution in [2.75, 3.05) is 0 Å². The number of aryl methyl sites for hydroxylation is 2. The van der Waals surface area contributed by atoms with Gasteiger partial charge in [-0.1, -0.05) is 194 Å². The first-order chi connectivity index (χ1) is 21.3. The van der Waals surface area contributed by atoms with Gasteiger partial charge in [0, 0.05) is 6.42 Å². The Morgan fingerprint density at radius 3 is 1.12 bits per heavy atom. The Bertz CT molecular complexity index is 663. The van der Waals surface area contributed by atoms with Crippen molar-refractivity contribution in [1.29, 1.82) is 0 Å². The largest absolute Gasteiger partial charge is 0.256 e. The summed E-state index contributed by atoms with van der Waals surface area (Å²) in [6.45, 7) is 9.40. The number of hydrogen-bond donors (Lipinski definition) is 0. The van der Waals surface area contributed by atoms with E-state index in [-0.39, 0.29) is 0 Å². The molecule has 0 aliphatic carbocycles. The second-order valence-corrected chi connectivity index (χ2v) is 14.1. The number of imidazole rings is 1. The van der Waals surface area contributed by atoms with Crippen molar-refractivity contribution in [3.8, 4) is 0 Å². The second-order valence-electron chi connectivity index (χ2n) is 14.1. The molecule has 1 rings (SSSR count). The van der Waals surface area contributed by atoms with Crippen LogP contribution in [0.25, 0.3) is 0 Å². The predicted octanol–water partition coefficient (Wildman–Crippen LogP) is 13.9. The molecule has 0 bridgehead atoms. The Kier molecular flexibility index (Phi) is 30.5. The monoisotopic (exact) mass is 602 g/mol. The molecular weight excluding hydrogens is 520 g/mol. The molecule has 0 amide bonds. The number of nitrogens with zero attached hydrogens (tertiary/aromatic N) is 2. The van der Waals surface area contributed by atoms with Gasteiger partial charge in [-0.3, -0.25) is 0 Å². The van der Waals surface area contributed by atoms with E-state index in [9.17, 15) is 0 Å². The van der Waals surface area contributed by atoms with Gasteiger partial charge < -0.3 is 0 Å². The maximum absolute atomic E-state index is 2.63. The average molecular weight is 602 g/mol. The fourth-order valence-corrected chi connectivity index (χ4v) is 6.86. The van der Waals surface area contributed by atoms with Crippen molar-refractivity contribution < 1.29 is 4.57 Å². The molecule has 1 aromatic rings. The van der Waals surface area contributed by atoms with Crippen LogP contribution in [0.15, 0.2) is 12.4 Å². The number of hydrogen-bond acceptors (Lipinski definition) is 0. The summed E-state index contributed by atoms with van der Waals surface area (Å²) in [5.41, 5.74) is 0. The summed E-state index contributed by atoms with van der Waals surface area (Å²) in [6.07, 6.45) is 51.9. The molecule has 1 aromatic heterocycles. The van der Waals surface area contributed by atoms with Crippen LogP contribution >= 0.6 is 0 Å². The van der Waals surface area contributed by atoms with E-state index in [0.29, 0.717) is 0 Å². The third kappa shape index (κ3) is 25.1. The Balaban J connectivity index is 2.20. The summed E-state index contributed by atoms with van der Waals surface area (Å²) in [6, 6.07) is 0. The van der Waals surface area contributed by atoms with Crippen LogP contribution in [0.5, 0.6) is 0 Å². The van der Waals surface area contributed by atoms with Gasteiger partial charge in [-0.15, -0.1) is 0 Å². The van der Waals surface area contributed by atoms with Crippen LogP contribution in [0, 0.1) is 0 Å². The highest BCUT2D eigenvalue weighted by Crippen LogP contribution is 2.16. The van der Waals surface area contributed by atoms with Gasteiger partial charge in [-0.05, 0) is 32.1 Å². The Morgan fingerprint density at radius 2 is 0.721 bits per heavy atom. The topological polar surface area (TPSA) is 8.81 Å². The fraction of sp³-hybridized carbons (Fsp3) is 0.927. The normalized spacial score (nSPS) is 11.6. The van der Waals surface area contributed by atoms with Crippen molar-refractivity contribution in [3.05, 3.63) is 18.2 Å². The maximum Gasteiger partial charge on any atom is 0.256 e. The van der Waals surface area contributed by atoms with Crippen molar-refractivity contribution in [2.45, 2.75) is 246 Å². The number of aromatic nitrogens is 2. The second kappa shape index (κ2) is 32.6. The lowest BCUT2D eigenvalue weighted by Crippen LogP contribution is -2.37. The van der Waals surface area contributed by atoms with Crippen LogP contribution in [0.4, 0.5) is 0 Å². The van der Waals surface area contributed by atoms with Crippen LogP contribution in [0.3, 0.4) is 0 Å². The summed E-state index contributed by atoms with van der Waals surface area (Å²) in [7, 11) is 0. The van der Waals surface area contributed by atoms with E-state index in [1.54, 1.807) is 5.82 Å². The molecule has 0 aliphatic rings. The van der Waals surface area contributed by atoms with Gasteiger partial charge in [0.05, 0.1) is 13.1 Å². The van der Waals surface area contributed by atoms with Gasteiger partial charge in [0.2, 0.25) is 0 Å². The Morgan fingerprint density at radius 1 is 0.395 bits per heavy atom.